The van der Waals surface area contributed by atoms with Crippen molar-refractivity contribution >= 4 is 17.3 Å². The van der Waals surface area contributed by atoms with E-state index in [4.69, 9.17) is 11.6 Å². The summed E-state index contributed by atoms with van der Waals surface area (Å²) in [4.78, 5) is 14.2. The molecule has 0 bridgehead atoms. The van der Waals surface area contributed by atoms with Gasteiger partial charge in [0.2, 0.25) is 0 Å². The summed E-state index contributed by atoms with van der Waals surface area (Å²) in [5, 5.41) is 7.50. The maximum Gasteiger partial charge on any atom is 0.271 e. The Kier molecular flexibility index (Phi) is 5.13. The standard InChI is InChI=1S/C19H23ClN4O/c1-13-18(10-21-24(3)19(13)25)22-17-8-16(11-23(2)12-17)15-6-4-14(9-20)5-7-15/h4-7,10,12,16,22H,8-9,11H2,1-3H3/t16-/m0/s1. The molecule has 25 heavy (non-hydrogen) atoms. The molecule has 2 heterocycles. The molecule has 3 rings (SSSR count). The van der Waals surface area contributed by atoms with Gasteiger partial charge < -0.3 is 10.2 Å². The van der Waals surface area contributed by atoms with E-state index in [1.165, 1.54) is 10.2 Å². The van der Waals surface area contributed by atoms with Crippen LogP contribution in [0.5, 0.6) is 0 Å². The van der Waals surface area contributed by atoms with Gasteiger partial charge in [-0.2, -0.15) is 5.10 Å². The lowest BCUT2D eigenvalue weighted by atomic mass is 9.91. The summed E-state index contributed by atoms with van der Waals surface area (Å²) < 4.78 is 1.35. The number of hydrogen-bond acceptors (Lipinski definition) is 4. The van der Waals surface area contributed by atoms with Crippen molar-refractivity contribution in [1.29, 1.82) is 0 Å². The van der Waals surface area contributed by atoms with Crippen LogP contribution < -0.4 is 10.9 Å². The third-order valence-corrected chi connectivity index (χ3v) is 4.94. The molecular weight excluding hydrogens is 336 g/mol. The summed E-state index contributed by atoms with van der Waals surface area (Å²) in [6, 6.07) is 8.49. The van der Waals surface area contributed by atoms with Crippen molar-refractivity contribution < 1.29 is 0 Å². The normalized spacial score (nSPS) is 17.4. The molecule has 2 aromatic rings. The number of rotatable bonds is 4. The summed E-state index contributed by atoms with van der Waals surface area (Å²) in [6.45, 7) is 2.78. The minimum Gasteiger partial charge on any atom is -0.378 e. The molecular formula is C19H23ClN4O. The number of halogens is 1. The lowest BCUT2D eigenvalue weighted by Gasteiger charge is -2.31. The zero-order valence-corrected chi connectivity index (χ0v) is 15.5. The van der Waals surface area contributed by atoms with E-state index in [0.717, 1.165) is 29.9 Å². The Morgan fingerprint density at radius 3 is 2.68 bits per heavy atom. The van der Waals surface area contributed by atoms with Gasteiger partial charge in [-0.1, -0.05) is 24.3 Å². The smallest absolute Gasteiger partial charge is 0.271 e. The molecule has 0 unspecified atom stereocenters. The molecule has 0 aliphatic carbocycles. The average Bonchev–Trinajstić information content (AvgIpc) is 2.62. The minimum atomic E-state index is -0.0806. The monoisotopic (exact) mass is 358 g/mol. The van der Waals surface area contributed by atoms with Crippen LogP contribution in [-0.2, 0) is 12.9 Å². The molecule has 1 N–H and O–H groups in total. The van der Waals surface area contributed by atoms with E-state index in [0.29, 0.717) is 17.4 Å². The van der Waals surface area contributed by atoms with Gasteiger partial charge in [0.25, 0.3) is 5.56 Å². The van der Waals surface area contributed by atoms with Crippen LogP contribution in [0.1, 0.15) is 29.0 Å². The van der Waals surface area contributed by atoms with E-state index in [9.17, 15) is 4.79 Å². The fourth-order valence-electron chi connectivity index (χ4n) is 3.19. The van der Waals surface area contributed by atoms with Gasteiger partial charge in [-0.05, 0) is 24.5 Å². The van der Waals surface area contributed by atoms with Gasteiger partial charge in [0.1, 0.15) is 0 Å². The first-order chi connectivity index (χ1) is 12.0. The highest BCUT2D eigenvalue weighted by molar-refractivity contribution is 6.17. The maximum atomic E-state index is 12.1. The maximum absolute atomic E-state index is 12.1. The summed E-state index contributed by atoms with van der Waals surface area (Å²) in [5.74, 6) is 0.925. The summed E-state index contributed by atoms with van der Waals surface area (Å²) >= 11 is 5.88. The molecule has 0 fully saturated rings. The van der Waals surface area contributed by atoms with Gasteiger partial charge >= 0.3 is 0 Å². The van der Waals surface area contributed by atoms with Crippen molar-refractivity contribution in [2.75, 3.05) is 18.9 Å². The Morgan fingerprint density at radius 2 is 2.00 bits per heavy atom. The second kappa shape index (κ2) is 7.31. The van der Waals surface area contributed by atoms with E-state index in [-0.39, 0.29) is 5.56 Å². The number of aromatic nitrogens is 2. The molecule has 0 radical (unpaired) electrons. The number of alkyl halides is 1. The average molecular weight is 359 g/mol. The van der Waals surface area contributed by atoms with Gasteiger partial charge in [0, 0.05) is 49.9 Å². The predicted molar refractivity (Wildman–Crippen MR) is 102 cm³/mol. The van der Waals surface area contributed by atoms with Gasteiger partial charge in [-0.25, -0.2) is 4.68 Å². The molecule has 0 amide bonds. The predicted octanol–water partition coefficient (Wildman–Crippen LogP) is 3.20. The van der Waals surface area contributed by atoms with Crippen molar-refractivity contribution in [1.82, 2.24) is 14.7 Å². The van der Waals surface area contributed by atoms with Gasteiger partial charge in [0.15, 0.2) is 0 Å². The quantitative estimate of drug-likeness (QED) is 0.853. The van der Waals surface area contributed by atoms with Crippen molar-refractivity contribution in [3.05, 3.63) is 69.4 Å². The number of nitrogens with zero attached hydrogens (tertiary/aromatic N) is 3. The number of anilines is 1. The first-order valence-electron chi connectivity index (χ1n) is 8.33. The second-order valence-electron chi connectivity index (χ2n) is 6.61. The van der Waals surface area contributed by atoms with E-state index < -0.39 is 0 Å². The fourth-order valence-corrected chi connectivity index (χ4v) is 3.36. The largest absolute Gasteiger partial charge is 0.378 e. The number of benzene rings is 1. The number of hydrogen-bond donors (Lipinski definition) is 1. The molecule has 0 saturated heterocycles. The summed E-state index contributed by atoms with van der Waals surface area (Å²) in [6.07, 6.45) is 4.69. The Bertz CT molecular complexity index is 841. The number of aryl methyl sites for hydroxylation is 1. The lowest BCUT2D eigenvalue weighted by Crippen LogP contribution is -2.28. The van der Waals surface area contributed by atoms with Crippen LogP contribution in [0.25, 0.3) is 0 Å². The Morgan fingerprint density at radius 1 is 1.28 bits per heavy atom. The SMILES string of the molecule is Cc1c(NC2=CN(C)C[C@@H](c3ccc(CCl)cc3)C2)cnn(C)c1=O. The highest BCUT2D eigenvalue weighted by Crippen LogP contribution is 2.30. The summed E-state index contributed by atoms with van der Waals surface area (Å²) in [5.41, 5.74) is 4.87. The molecule has 6 heteroatoms. The Hall–Kier alpha value is -2.27. The van der Waals surface area contributed by atoms with Crippen LogP contribution in [0.3, 0.4) is 0 Å². The third-order valence-electron chi connectivity index (χ3n) is 4.63. The molecule has 132 valence electrons. The molecule has 0 saturated carbocycles. The fraction of sp³-hybridized carbons (Fsp3) is 0.368. The van der Waals surface area contributed by atoms with Crippen LogP contribution in [0.4, 0.5) is 5.69 Å². The molecule has 1 aromatic heterocycles. The van der Waals surface area contributed by atoms with Crippen LogP contribution in [0, 0.1) is 6.92 Å². The molecule has 5 nitrogen and oxygen atoms in total. The zero-order chi connectivity index (χ0) is 18.0. The van der Waals surface area contributed by atoms with Crippen LogP contribution >= 0.6 is 11.6 Å². The first kappa shape index (κ1) is 17.5. The van der Waals surface area contributed by atoms with Crippen LogP contribution in [0.15, 0.2) is 47.2 Å². The van der Waals surface area contributed by atoms with Crippen LogP contribution in [-0.4, -0.2) is 28.3 Å². The first-order valence-corrected chi connectivity index (χ1v) is 8.87. The van der Waals surface area contributed by atoms with E-state index >= 15 is 0 Å². The molecule has 1 aromatic carbocycles. The van der Waals surface area contributed by atoms with E-state index in [1.54, 1.807) is 13.2 Å². The zero-order valence-electron chi connectivity index (χ0n) is 14.8. The lowest BCUT2D eigenvalue weighted by molar-refractivity contribution is 0.381. The van der Waals surface area contributed by atoms with Gasteiger partial charge in [0.05, 0.1) is 11.9 Å². The van der Waals surface area contributed by atoms with Crippen LogP contribution in [0.2, 0.25) is 0 Å². The molecule has 1 atom stereocenters. The Balaban J connectivity index is 1.80. The molecule has 0 spiro atoms. The minimum absolute atomic E-state index is 0.0806. The molecule has 1 aliphatic heterocycles. The third kappa shape index (κ3) is 3.87. The van der Waals surface area contributed by atoms with E-state index in [2.05, 4.69) is 52.8 Å². The highest BCUT2D eigenvalue weighted by atomic mass is 35.5. The van der Waals surface area contributed by atoms with Gasteiger partial charge in [-0.15, -0.1) is 11.6 Å². The summed E-state index contributed by atoms with van der Waals surface area (Å²) in [7, 11) is 3.73. The van der Waals surface area contributed by atoms with E-state index in [1.807, 2.05) is 6.92 Å². The van der Waals surface area contributed by atoms with Gasteiger partial charge in [-0.3, -0.25) is 4.79 Å². The highest BCUT2D eigenvalue weighted by Gasteiger charge is 2.21. The van der Waals surface area contributed by atoms with Crippen molar-refractivity contribution in [3.8, 4) is 0 Å². The topological polar surface area (TPSA) is 50.2 Å². The van der Waals surface area contributed by atoms with Crippen molar-refractivity contribution in [2.24, 2.45) is 7.05 Å². The van der Waals surface area contributed by atoms with Crippen molar-refractivity contribution in [2.45, 2.75) is 25.1 Å². The number of allylic oxidation sites excluding steroid dienone is 1. The molecule has 1 aliphatic rings. The van der Waals surface area contributed by atoms with Crippen molar-refractivity contribution in [3.63, 3.8) is 0 Å². The Labute approximate surface area is 152 Å². The number of nitrogens with one attached hydrogen (secondary N) is 1. The number of likely N-dealkylation sites (N-methyl/N-ethyl adjacent to an activating group) is 1. The second-order valence-corrected chi connectivity index (χ2v) is 6.87.